The first-order chi connectivity index (χ1) is 28.3. The molecular weight excluding hydrogens is 755 g/mol. The lowest BCUT2D eigenvalue weighted by Gasteiger charge is -2.20. The molecule has 0 radical (unpaired) electrons. The summed E-state index contributed by atoms with van der Waals surface area (Å²) in [5, 5.41) is 19.2. The van der Waals surface area contributed by atoms with Crippen LogP contribution in [0.15, 0.2) is 48.6 Å². The van der Waals surface area contributed by atoms with Crippen LogP contribution in [-0.4, -0.2) is 65.7 Å². The number of aliphatic hydroxyl groups is 2. The number of unbranched alkanes of at least 4 members (excludes halogenated alkanes) is 21. The quantitative estimate of drug-likeness (QED) is 0.0234. The van der Waals surface area contributed by atoms with E-state index in [2.05, 4.69) is 62.5 Å². The number of rotatable bonds is 43. The number of hydrogen-bond acceptors (Lipinski definition) is 9. The zero-order chi connectivity index (χ0) is 42.6. The Morgan fingerprint density at radius 2 is 0.759 bits per heavy atom. The molecule has 3 N–H and O–H groups in total. The van der Waals surface area contributed by atoms with Gasteiger partial charge in [0.05, 0.1) is 26.4 Å². The average Bonchev–Trinajstić information content (AvgIpc) is 3.21. The number of hydrogen-bond donors (Lipinski definition) is 3. The minimum Gasteiger partial charge on any atom is -0.457 e. The summed E-state index contributed by atoms with van der Waals surface area (Å²) in [6, 6.07) is 0. The molecule has 0 fully saturated rings. The Kier molecular flexibility index (Phi) is 41.5. The number of phosphoric ester groups is 1. The maximum absolute atomic E-state index is 12.4. The van der Waals surface area contributed by atoms with Gasteiger partial charge in [-0.05, 0) is 77.0 Å². The molecule has 0 rings (SSSR count). The zero-order valence-electron chi connectivity index (χ0n) is 36.8. The average molecular weight is 841 g/mol. The van der Waals surface area contributed by atoms with E-state index in [0.29, 0.717) is 12.8 Å². The SMILES string of the molecule is CCCCC/C=C\C/C=C\C/C=C\CCCCCCCCC(=O)OC(CO)COP(=O)(O)OCC(CO)OC(=O)CCCCCCC/C=C\CCCCCCCCC. The van der Waals surface area contributed by atoms with Gasteiger partial charge < -0.3 is 24.6 Å². The van der Waals surface area contributed by atoms with Crippen LogP contribution in [0.3, 0.4) is 0 Å². The molecule has 0 aliphatic rings. The van der Waals surface area contributed by atoms with Crippen molar-refractivity contribution in [2.45, 2.75) is 212 Å². The van der Waals surface area contributed by atoms with Crippen molar-refractivity contribution in [2.75, 3.05) is 26.4 Å². The van der Waals surface area contributed by atoms with E-state index in [9.17, 15) is 29.3 Å². The van der Waals surface area contributed by atoms with E-state index in [1.54, 1.807) is 0 Å². The molecule has 58 heavy (non-hydrogen) atoms. The van der Waals surface area contributed by atoms with Gasteiger partial charge in [-0.1, -0.05) is 159 Å². The predicted octanol–water partition coefficient (Wildman–Crippen LogP) is 12.5. The van der Waals surface area contributed by atoms with Gasteiger partial charge >= 0.3 is 19.8 Å². The van der Waals surface area contributed by atoms with E-state index < -0.39 is 58.4 Å². The Morgan fingerprint density at radius 3 is 1.14 bits per heavy atom. The number of carbonyl (C=O) groups is 2. The summed E-state index contributed by atoms with van der Waals surface area (Å²) < 4.78 is 32.6. The summed E-state index contributed by atoms with van der Waals surface area (Å²) in [5.41, 5.74) is 0. The molecule has 0 saturated heterocycles. The first-order valence-electron chi connectivity index (χ1n) is 23.1. The lowest BCUT2D eigenvalue weighted by molar-refractivity contribution is -0.153. The molecule has 338 valence electrons. The topological polar surface area (TPSA) is 149 Å². The molecule has 0 aromatic heterocycles. The van der Waals surface area contributed by atoms with E-state index in [0.717, 1.165) is 89.9 Å². The van der Waals surface area contributed by atoms with Crippen molar-refractivity contribution in [1.29, 1.82) is 0 Å². The standard InChI is InChI=1S/C47H85O10P/c1-3-5-7-9-11-13-15-17-19-21-22-23-25-27-29-31-33-35-37-39-47(51)57-45(41-49)43-55-58(52,53)54-42-44(40-48)56-46(50)38-36-34-32-30-28-26-24-20-18-16-14-12-10-8-6-4-2/h11,13,17,19-20,22-24,44-45,48-49H,3-10,12,14-16,18,21,25-43H2,1-2H3,(H,52,53)/b13-11-,19-17-,23-22-,24-20-. The van der Waals surface area contributed by atoms with Crippen LogP contribution in [0.2, 0.25) is 0 Å². The number of phosphoric acid groups is 1. The second-order valence-corrected chi connectivity index (χ2v) is 16.8. The zero-order valence-corrected chi connectivity index (χ0v) is 37.6. The second-order valence-electron chi connectivity index (χ2n) is 15.4. The van der Waals surface area contributed by atoms with E-state index in [1.807, 2.05) is 0 Å². The monoisotopic (exact) mass is 841 g/mol. The van der Waals surface area contributed by atoms with Gasteiger partial charge in [0.2, 0.25) is 0 Å². The number of aliphatic hydroxyl groups excluding tert-OH is 2. The third-order valence-corrected chi connectivity index (χ3v) is 10.7. The third-order valence-electron chi connectivity index (χ3n) is 9.76. The van der Waals surface area contributed by atoms with E-state index in [-0.39, 0.29) is 12.8 Å². The first kappa shape index (κ1) is 55.9. The van der Waals surface area contributed by atoms with Gasteiger partial charge in [0.15, 0.2) is 0 Å². The van der Waals surface area contributed by atoms with E-state index in [1.165, 1.54) is 70.6 Å². The van der Waals surface area contributed by atoms with Crippen molar-refractivity contribution in [3.05, 3.63) is 48.6 Å². The van der Waals surface area contributed by atoms with Gasteiger partial charge in [-0.3, -0.25) is 18.6 Å². The Labute approximate surface area is 353 Å². The van der Waals surface area contributed by atoms with Crippen molar-refractivity contribution in [3.63, 3.8) is 0 Å². The summed E-state index contributed by atoms with van der Waals surface area (Å²) >= 11 is 0. The predicted molar refractivity (Wildman–Crippen MR) is 237 cm³/mol. The molecule has 3 unspecified atom stereocenters. The summed E-state index contributed by atoms with van der Waals surface area (Å²) in [5.74, 6) is -1.04. The van der Waals surface area contributed by atoms with Gasteiger partial charge in [0.1, 0.15) is 12.2 Å². The highest BCUT2D eigenvalue weighted by Gasteiger charge is 2.27. The van der Waals surface area contributed by atoms with Crippen LogP contribution in [0.4, 0.5) is 0 Å². The molecule has 0 heterocycles. The van der Waals surface area contributed by atoms with Crippen molar-refractivity contribution >= 4 is 19.8 Å². The van der Waals surface area contributed by atoms with Crippen LogP contribution in [0.5, 0.6) is 0 Å². The van der Waals surface area contributed by atoms with Gasteiger partial charge in [-0.15, -0.1) is 0 Å². The lowest BCUT2D eigenvalue weighted by atomic mass is 10.1. The van der Waals surface area contributed by atoms with Gasteiger partial charge in [-0.25, -0.2) is 4.57 Å². The van der Waals surface area contributed by atoms with Gasteiger partial charge in [-0.2, -0.15) is 0 Å². The highest BCUT2D eigenvalue weighted by Crippen LogP contribution is 2.43. The van der Waals surface area contributed by atoms with Crippen LogP contribution in [0, 0.1) is 0 Å². The van der Waals surface area contributed by atoms with E-state index >= 15 is 0 Å². The molecule has 0 aromatic rings. The smallest absolute Gasteiger partial charge is 0.457 e. The fraction of sp³-hybridized carbons (Fsp3) is 0.787. The summed E-state index contributed by atoms with van der Waals surface area (Å²) in [7, 11) is -4.64. The molecule has 0 saturated carbocycles. The van der Waals surface area contributed by atoms with Crippen molar-refractivity contribution < 1.29 is 47.8 Å². The van der Waals surface area contributed by atoms with Gasteiger partial charge in [0, 0.05) is 12.8 Å². The summed E-state index contributed by atoms with van der Waals surface area (Å²) in [6.07, 6.45) is 46.5. The van der Waals surface area contributed by atoms with Crippen LogP contribution in [-0.2, 0) is 32.7 Å². The fourth-order valence-corrected chi connectivity index (χ4v) is 6.96. The van der Waals surface area contributed by atoms with Gasteiger partial charge in [0.25, 0.3) is 0 Å². The molecule has 0 aliphatic heterocycles. The maximum atomic E-state index is 12.4. The Balaban J connectivity index is 3.93. The highest BCUT2D eigenvalue weighted by atomic mass is 31.2. The number of allylic oxidation sites excluding steroid dienone is 8. The second kappa shape index (κ2) is 43.0. The fourth-order valence-electron chi connectivity index (χ4n) is 6.17. The highest BCUT2D eigenvalue weighted by molar-refractivity contribution is 7.47. The number of esters is 2. The molecule has 11 heteroatoms. The minimum absolute atomic E-state index is 0.176. The molecule has 0 bridgehead atoms. The van der Waals surface area contributed by atoms with Crippen LogP contribution in [0.1, 0.15) is 200 Å². The minimum atomic E-state index is -4.64. The maximum Gasteiger partial charge on any atom is 0.472 e. The molecule has 0 aliphatic carbocycles. The van der Waals surface area contributed by atoms with Crippen LogP contribution < -0.4 is 0 Å². The van der Waals surface area contributed by atoms with Crippen LogP contribution >= 0.6 is 7.82 Å². The first-order valence-corrected chi connectivity index (χ1v) is 24.6. The summed E-state index contributed by atoms with van der Waals surface area (Å²) in [4.78, 5) is 34.6. The molecular formula is C47H85O10P. The molecule has 0 amide bonds. The Hall–Kier alpha value is -2.07. The lowest BCUT2D eigenvalue weighted by Crippen LogP contribution is -2.28. The normalized spacial score (nSPS) is 14.2. The third kappa shape index (κ3) is 40.7. The number of carbonyl (C=O) groups excluding carboxylic acids is 2. The largest absolute Gasteiger partial charge is 0.472 e. The van der Waals surface area contributed by atoms with Crippen molar-refractivity contribution in [1.82, 2.24) is 0 Å². The summed E-state index contributed by atoms with van der Waals surface area (Å²) in [6.45, 7) is 2.16. The van der Waals surface area contributed by atoms with Crippen molar-refractivity contribution in [2.24, 2.45) is 0 Å². The van der Waals surface area contributed by atoms with Crippen molar-refractivity contribution in [3.8, 4) is 0 Å². The Morgan fingerprint density at radius 1 is 0.466 bits per heavy atom. The van der Waals surface area contributed by atoms with Crippen LogP contribution in [0.25, 0.3) is 0 Å². The number of ether oxygens (including phenoxy) is 2. The van der Waals surface area contributed by atoms with E-state index in [4.69, 9.17) is 18.5 Å². The molecule has 0 spiro atoms. The molecule has 10 nitrogen and oxygen atoms in total. The molecule has 3 atom stereocenters. The molecule has 0 aromatic carbocycles. The Bertz CT molecular complexity index is 1110.